The number of aromatic carboxylic acids is 3. The molecule has 0 amide bonds. The minimum absolute atomic E-state index is 0.00496. The molecule has 0 atom stereocenters. The van der Waals surface area contributed by atoms with Crippen LogP contribution in [0.5, 0.6) is 0 Å². The first-order valence-corrected chi connectivity index (χ1v) is 11.9. The van der Waals surface area contributed by atoms with E-state index >= 15 is 0 Å². The lowest BCUT2D eigenvalue weighted by Crippen LogP contribution is -2.03. The Morgan fingerprint density at radius 2 is 1.23 bits per heavy atom. The van der Waals surface area contributed by atoms with E-state index in [-0.39, 0.29) is 22.4 Å². The highest BCUT2D eigenvalue weighted by Gasteiger charge is 2.17. The second kappa shape index (κ2) is 10.9. The van der Waals surface area contributed by atoms with Crippen molar-refractivity contribution < 1.29 is 29.7 Å². The smallest absolute Gasteiger partial charge is 0.337 e. The zero-order valence-electron chi connectivity index (χ0n) is 21.0. The fourth-order valence-electron chi connectivity index (χ4n) is 4.50. The van der Waals surface area contributed by atoms with E-state index in [1.165, 1.54) is 30.3 Å². The molecular formula is C32H25NO6. The second-order valence-corrected chi connectivity index (χ2v) is 8.79. The summed E-state index contributed by atoms with van der Waals surface area (Å²) in [7, 11) is 0. The van der Waals surface area contributed by atoms with Crippen molar-refractivity contribution >= 4 is 35.7 Å². The summed E-state index contributed by atoms with van der Waals surface area (Å²) in [6.45, 7) is 5.67. The molecule has 0 radical (unpaired) electrons. The highest BCUT2D eigenvalue weighted by atomic mass is 16.4. The molecule has 0 saturated carbocycles. The molecule has 0 heterocycles. The van der Waals surface area contributed by atoms with E-state index in [4.69, 9.17) is 5.73 Å². The quantitative estimate of drug-likeness (QED) is 0.183. The number of nitrogen functional groups attached to an aromatic ring is 1. The number of carbonyl (C=O) groups is 3. The van der Waals surface area contributed by atoms with Gasteiger partial charge in [0, 0.05) is 5.69 Å². The predicted molar refractivity (Wildman–Crippen MR) is 153 cm³/mol. The number of rotatable bonds is 8. The van der Waals surface area contributed by atoms with Crippen molar-refractivity contribution in [3.05, 3.63) is 113 Å². The van der Waals surface area contributed by atoms with Gasteiger partial charge in [0.2, 0.25) is 0 Å². The molecule has 0 unspecified atom stereocenters. The number of carboxylic acids is 3. The third kappa shape index (κ3) is 5.33. The normalized spacial score (nSPS) is 10.9. The van der Waals surface area contributed by atoms with Gasteiger partial charge in [0.05, 0.1) is 16.7 Å². The van der Waals surface area contributed by atoms with E-state index in [1.54, 1.807) is 30.3 Å². The molecule has 0 aliphatic rings. The standard InChI is InChI=1S/C32H25NO6/c1-3-5-26-24(4-2)27(31(36)37)13-12-25(26)23-15-21(18-6-8-19(9-7-18)30(34)35)14-22(16-23)20-10-11-28(32(38)39)29(33)17-20/h3-17H,2,33H2,1H3,(H,34,35)(H,36,37)(H,38,39)/b5-3-. The predicted octanol–water partition coefficient (Wildman–Crippen LogP) is 7.04. The molecule has 0 aliphatic carbocycles. The Morgan fingerprint density at radius 1 is 0.667 bits per heavy atom. The molecule has 0 fully saturated rings. The zero-order chi connectivity index (χ0) is 28.3. The lowest BCUT2D eigenvalue weighted by atomic mass is 9.88. The molecule has 0 bridgehead atoms. The molecule has 4 aromatic carbocycles. The fraction of sp³-hybridized carbons (Fsp3) is 0.0312. The highest BCUT2D eigenvalue weighted by Crippen LogP contribution is 2.37. The van der Waals surface area contributed by atoms with Crippen molar-refractivity contribution in [2.45, 2.75) is 6.92 Å². The third-order valence-corrected chi connectivity index (χ3v) is 6.38. The van der Waals surface area contributed by atoms with Gasteiger partial charge in [-0.1, -0.05) is 49.1 Å². The number of nitrogens with two attached hydrogens (primary N) is 1. The minimum Gasteiger partial charge on any atom is -0.478 e. The van der Waals surface area contributed by atoms with Crippen LogP contribution in [0.4, 0.5) is 5.69 Å². The Hall–Kier alpha value is -5.43. The van der Waals surface area contributed by atoms with E-state index in [1.807, 2.05) is 37.3 Å². The van der Waals surface area contributed by atoms with Crippen LogP contribution in [0.15, 0.2) is 85.5 Å². The maximum absolute atomic E-state index is 11.9. The number of carboxylic acid groups (broad SMARTS) is 3. The largest absolute Gasteiger partial charge is 0.478 e. The van der Waals surface area contributed by atoms with Gasteiger partial charge >= 0.3 is 17.9 Å². The first-order valence-electron chi connectivity index (χ1n) is 11.9. The molecule has 4 rings (SSSR count). The van der Waals surface area contributed by atoms with Crippen molar-refractivity contribution in [1.29, 1.82) is 0 Å². The lowest BCUT2D eigenvalue weighted by molar-refractivity contribution is 0.0686. The number of benzene rings is 4. The van der Waals surface area contributed by atoms with E-state index in [2.05, 4.69) is 6.58 Å². The third-order valence-electron chi connectivity index (χ3n) is 6.38. The van der Waals surface area contributed by atoms with Crippen LogP contribution in [0.1, 0.15) is 49.1 Å². The van der Waals surface area contributed by atoms with Crippen LogP contribution in [0.3, 0.4) is 0 Å². The Bertz CT molecular complexity index is 1670. The average molecular weight is 520 g/mol. The zero-order valence-corrected chi connectivity index (χ0v) is 21.0. The summed E-state index contributed by atoms with van der Waals surface area (Å²) >= 11 is 0. The summed E-state index contributed by atoms with van der Waals surface area (Å²) < 4.78 is 0. The summed E-state index contributed by atoms with van der Waals surface area (Å²) in [5.41, 5.74) is 12.1. The maximum atomic E-state index is 11.9. The van der Waals surface area contributed by atoms with Crippen molar-refractivity contribution in [3.8, 4) is 33.4 Å². The van der Waals surface area contributed by atoms with E-state index < -0.39 is 17.9 Å². The molecular weight excluding hydrogens is 494 g/mol. The highest BCUT2D eigenvalue weighted by molar-refractivity contribution is 5.98. The molecule has 5 N–H and O–H groups in total. The molecule has 7 nitrogen and oxygen atoms in total. The van der Waals surface area contributed by atoms with Crippen molar-refractivity contribution in [2.24, 2.45) is 0 Å². The van der Waals surface area contributed by atoms with Gasteiger partial charge in [-0.15, -0.1) is 0 Å². The van der Waals surface area contributed by atoms with E-state index in [0.29, 0.717) is 16.7 Å². The van der Waals surface area contributed by atoms with Crippen LogP contribution < -0.4 is 5.73 Å². The lowest BCUT2D eigenvalue weighted by Gasteiger charge is -2.16. The summed E-state index contributed by atoms with van der Waals surface area (Å²) in [5, 5.41) is 28.4. The van der Waals surface area contributed by atoms with E-state index in [0.717, 1.165) is 27.8 Å². The molecule has 7 heteroatoms. The van der Waals surface area contributed by atoms with Gasteiger partial charge in [-0.2, -0.15) is 0 Å². The first kappa shape index (κ1) is 26.6. The molecule has 4 aromatic rings. The molecule has 39 heavy (non-hydrogen) atoms. The summed E-state index contributed by atoms with van der Waals surface area (Å²) in [6, 6.07) is 20.2. The number of hydrogen-bond donors (Lipinski definition) is 4. The second-order valence-electron chi connectivity index (χ2n) is 8.79. The van der Waals surface area contributed by atoms with Gasteiger partial charge in [-0.3, -0.25) is 0 Å². The molecule has 0 saturated heterocycles. The van der Waals surface area contributed by atoms with Crippen LogP contribution in [0.25, 0.3) is 45.5 Å². The first-order chi connectivity index (χ1) is 18.6. The Labute approximate surface area is 224 Å². The van der Waals surface area contributed by atoms with Gasteiger partial charge in [-0.05, 0) is 100.0 Å². The molecule has 0 aliphatic heterocycles. The van der Waals surface area contributed by atoms with Crippen LogP contribution in [-0.2, 0) is 0 Å². The van der Waals surface area contributed by atoms with Gasteiger partial charge in [0.15, 0.2) is 0 Å². The Kier molecular flexibility index (Phi) is 7.44. The van der Waals surface area contributed by atoms with Crippen molar-refractivity contribution in [3.63, 3.8) is 0 Å². The maximum Gasteiger partial charge on any atom is 0.337 e. The average Bonchev–Trinajstić information content (AvgIpc) is 2.92. The monoisotopic (exact) mass is 519 g/mol. The van der Waals surface area contributed by atoms with Crippen LogP contribution in [-0.4, -0.2) is 33.2 Å². The summed E-state index contributed by atoms with van der Waals surface area (Å²) in [5.74, 6) is -3.22. The van der Waals surface area contributed by atoms with E-state index in [9.17, 15) is 29.7 Å². The topological polar surface area (TPSA) is 138 Å². The van der Waals surface area contributed by atoms with Crippen LogP contribution in [0, 0.1) is 0 Å². The number of hydrogen-bond acceptors (Lipinski definition) is 4. The summed E-state index contributed by atoms with van der Waals surface area (Å²) in [4.78, 5) is 34.7. The minimum atomic E-state index is -1.13. The number of anilines is 1. The Balaban J connectivity index is 2.01. The van der Waals surface area contributed by atoms with Gasteiger partial charge < -0.3 is 21.1 Å². The SMILES string of the molecule is C=Cc1c(C(=O)O)ccc(-c2cc(-c3ccc(C(=O)O)cc3)cc(-c3ccc(C(=O)O)c(N)c3)c2)c1/C=C\C. The fourth-order valence-corrected chi connectivity index (χ4v) is 4.50. The number of allylic oxidation sites excluding steroid dienone is 1. The van der Waals surface area contributed by atoms with Crippen LogP contribution in [0.2, 0.25) is 0 Å². The van der Waals surface area contributed by atoms with Gasteiger partial charge in [0.1, 0.15) is 0 Å². The summed E-state index contributed by atoms with van der Waals surface area (Å²) in [6.07, 6.45) is 5.16. The molecule has 194 valence electrons. The van der Waals surface area contributed by atoms with Crippen molar-refractivity contribution in [2.75, 3.05) is 5.73 Å². The Morgan fingerprint density at radius 3 is 1.77 bits per heavy atom. The van der Waals surface area contributed by atoms with Crippen molar-refractivity contribution in [1.82, 2.24) is 0 Å². The molecule has 0 aromatic heterocycles. The van der Waals surface area contributed by atoms with Gasteiger partial charge in [0.25, 0.3) is 0 Å². The van der Waals surface area contributed by atoms with Crippen LogP contribution >= 0.6 is 0 Å². The van der Waals surface area contributed by atoms with Gasteiger partial charge in [-0.25, -0.2) is 14.4 Å². The molecule has 0 spiro atoms.